The van der Waals surface area contributed by atoms with Gasteiger partial charge in [0.25, 0.3) is 0 Å². The maximum absolute atomic E-state index is 12.4. The number of hydrogen-bond donors (Lipinski definition) is 3. The van der Waals surface area contributed by atoms with Gasteiger partial charge in [-0.15, -0.1) is 0 Å². The summed E-state index contributed by atoms with van der Waals surface area (Å²) in [6.45, 7) is 4.68. The smallest absolute Gasteiger partial charge is 0.237 e. The van der Waals surface area contributed by atoms with E-state index in [1.54, 1.807) is 0 Å². The van der Waals surface area contributed by atoms with Crippen molar-refractivity contribution in [3.05, 3.63) is 35.4 Å². The first-order chi connectivity index (χ1) is 9.64. The van der Waals surface area contributed by atoms with Crippen molar-refractivity contribution in [3.8, 4) is 0 Å². The predicted molar refractivity (Wildman–Crippen MR) is 79.3 cm³/mol. The van der Waals surface area contributed by atoms with Crippen molar-refractivity contribution >= 4 is 5.91 Å². The van der Waals surface area contributed by atoms with E-state index in [0.29, 0.717) is 6.42 Å². The van der Waals surface area contributed by atoms with Crippen LogP contribution in [0.1, 0.15) is 37.8 Å². The van der Waals surface area contributed by atoms with Gasteiger partial charge in [0.15, 0.2) is 0 Å². The molecule has 1 heterocycles. The maximum Gasteiger partial charge on any atom is 0.237 e. The summed E-state index contributed by atoms with van der Waals surface area (Å²) in [6.07, 6.45) is 2.17. The minimum Gasteiger partial charge on any atom is -0.394 e. The van der Waals surface area contributed by atoms with Gasteiger partial charge in [-0.25, -0.2) is 0 Å². The van der Waals surface area contributed by atoms with Crippen molar-refractivity contribution in [3.63, 3.8) is 0 Å². The highest BCUT2D eigenvalue weighted by Gasteiger charge is 2.31. The molecule has 0 fully saturated rings. The number of rotatable bonds is 5. The van der Waals surface area contributed by atoms with Crippen LogP contribution < -0.4 is 10.6 Å². The largest absolute Gasteiger partial charge is 0.394 e. The van der Waals surface area contributed by atoms with Gasteiger partial charge in [0.1, 0.15) is 0 Å². The third-order valence-electron chi connectivity index (χ3n) is 4.44. The topological polar surface area (TPSA) is 61.4 Å². The molecule has 0 aliphatic carbocycles. The molecule has 1 amide bonds. The summed E-state index contributed by atoms with van der Waals surface area (Å²) < 4.78 is 0. The van der Waals surface area contributed by atoms with Crippen LogP contribution in [-0.4, -0.2) is 29.2 Å². The fraction of sp³-hybridized carbons (Fsp3) is 0.562. The van der Waals surface area contributed by atoms with Gasteiger partial charge in [0.2, 0.25) is 5.91 Å². The molecule has 4 heteroatoms. The third-order valence-corrected chi connectivity index (χ3v) is 4.44. The van der Waals surface area contributed by atoms with E-state index < -0.39 is 5.54 Å². The van der Waals surface area contributed by atoms with E-state index in [9.17, 15) is 9.90 Å². The normalized spacial score (nSPS) is 18.4. The lowest BCUT2D eigenvalue weighted by molar-refractivity contribution is -0.126. The number of benzene rings is 1. The molecule has 20 heavy (non-hydrogen) atoms. The standard InChI is InChI=1S/C16H24N2O2/c1-3-16(4-2,11-19)18-15(20)14-9-12-7-5-6-8-13(12)10-17-14/h5-8,14,17,19H,3-4,9-11H2,1-2H3,(H,18,20)/t14-/m1/s1. The van der Waals surface area contributed by atoms with Crippen LogP contribution in [-0.2, 0) is 17.8 Å². The number of hydrogen-bond acceptors (Lipinski definition) is 3. The molecular weight excluding hydrogens is 252 g/mol. The Balaban J connectivity index is 2.05. The van der Waals surface area contributed by atoms with Crippen molar-refractivity contribution in [2.24, 2.45) is 0 Å². The SMILES string of the molecule is CCC(CC)(CO)NC(=O)[C@H]1Cc2ccccc2CN1. The molecule has 1 aromatic rings. The van der Waals surface area contributed by atoms with Crippen LogP contribution in [0.3, 0.4) is 0 Å². The second-order valence-electron chi connectivity index (χ2n) is 5.54. The van der Waals surface area contributed by atoms with Crippen LogP contribution in [0.5, 0.6) is 0 Å². The molecule has 0 aromatic heterocycles. The zero-order chi connectivity index (χ0) is 14.6. The van der Waals surface area contributed by atoms with Gasteiger partial charge < -0.3 is 15.7 Å². The monoisotopic (exact) mass is 276 g/mol. The lowest BCUT2D eigenvalue weighted by Gasteiger charge is -2.34. The Morgan fingerprint density at radius 3 is 2.60 bits per heavy atom. The molecule has 0 saturated heterocycles. The first-order valence-electron chi connectivity index (χ1n) is 7.37. The summed E-state index contributed by atoms with van der Waals surface area (Å²) in [5, 5.41) is 15.9. The summed E-state index contributed by atoms with van der Waals surface area (Å²) in [6, 6.07) is 7.98. The minimum absolute atomic E-state index is 0.0164. The van der Waals surface area contributed by atoms with E-state index in [-0.39, 0.29) is 18.6 Å². The second kappa shape index (κ2) is 6.37. The van der Waals surface area contributed by atoms with Crippen LogP contribution in [0, 0.1) is 0 Å². The van der Waals surface area contributed by atoms with E-state index in [2.05, 4.69) is 22.8 Å². The van der Waals surface area contributed by atoms with Crippen molar-refractivity contribution < 1.29 is 9.90 Å². The minimum atomic E-state index is -0.490. The fourth-order valence-corrected chi connectivity index (χ4v) is 2.68. The van der Waals surface area contributed by atoms with Gasteiger partial charge in [-0.2, -0.15) is 0 Å². The van der Waals surface area contributed by atoms with Crippen LogP contribution in [0.25, 0.3) is 0 Å². The summed E-state index contributed by atoms with van der Waals surface area (Å²) >= 11 is 0. The zero-order valence-electron chi connectivity index (χ0n) is 12.3. The molecule has 1 aliphatic rings. The average molecular weight is 276 g/mol. The molecule has 4 nitrogen and oxygen atoms in total. The molecule has 110 valence electrons. The first kappa shape index (κ1) is 15.0. The molecule has 0 saturated carbocycles. The van der Waals surface area contributed by atoms with Crippen molar-refractivity contribution in [1.29, 1.82) is 0 Å². The number of carbonyl (C=O) groups excluding carboxylic acids is 1. The molecule has 2 rings (SSSR count). The molecule has 1 aromatic carbocycles. The summed E-state index contributed by atoms with van der Waals surface area (Å²) in [4.78, 5) is 12.4. The van der Waals surface area contributed by atoms with Gasteiger partial charge in [-0.3, -0.25) is 4.79 Å². The molecular formula is C16H24N2O2. The first-order valence-corrected chi connectivity index (χ1v) is 7.37. The quantitative estimate of drug-likeness (QED) is 0.761. The molecule has 0 spiro atoms. The number of amides is 1. The van der Waals surface area contributed by atoms with Crippen molar-refractivity contribution in [1.82, 2.24) is 10.6 Å². The van der Waals surface area contributed by atoms with Crippen molar-refractivity contribution in [2.45, 2.75) is 51.2 Å². The van der Waals surface area contributed by atoms with E-state index in [1.165, 1.54) is 11.1 Å². The highest BCUT2D eigenvalue weighted by Crippen LogP contribution is 2.18. The number of aliphatic hydroxyl groups is 1. The fourth-order valence-electron chi connectivity index (χ4n) is 2.68. The number of nitrogens with one attached hydrogen (secondary N) is 2. The van der Waals surface area contributed by atoms with E-state index in [0.717, 1.165) is 19.4 Å². The summed E-state index contributed by atoms with van der Waals surface area (Å²) in [5.74, 6) is -0.0164. The maximum atomic E-state index is 12.4. The van der Waals surface area contributed by atoms with Crippen molar-refractivity contribution in [2.75, 3.05) is 6.61 Å². The Morgan fingerprint density at radius 2 is 2.00 bits per heavy atom. The van der Waals surface area contributed by atoms with E-state index >= 15 is 0 Å². The van der Waals surface area contributed by atoms with Gasteiger partial charge in [-0.1, -0.05) is 38.1 Å². The molecule has 3 N–H and O–H groups in total. The number of fused-ring (bicyclic) bond motifs is 1. The van der Waals surface area contributed by atoms with Gasteiger partial charge >= 0.3 is 0 Å². The van der Waals surface area contributed by atoms with Crippen LogP contribution in [0.2, 0.25) is 0 Å². The van der Waals surface area contributed by atoms with Gasteiger partial charge in [0.05, 0.1) is 18.2 Å². The highest BCUT2D eigenvalue weighted by atomic mass is 16.3. The van der Waals surface area contributed by atoms with E-state index in [1.807, 2.05) is 26.0 Å². The Morgan fingerprint density at radius 1 is 1.35 bits per heavy atom. The second-order valence-corrected chi connectivity index (χ2v) is 5.54. The zero-order valence-corrected chi connectivity index (χ0v) is 12.3. The van der Waals surface area contributed by atoms with Crippen LogP contribution in [0.4, 0.5) is 0 Å². The van der Waals surface area contributed by atoms with Crippen LogP contribution in [0.15, 0.2) is 24.3 Å². The van der Waals surface area contributed by atoms with Gasteiger partial charge in [0, 0.05) is 6.54 Å². The predicted octanol–water partition coefficient (Wildman–Crippen LogP) is 1.37. The molecule has 1 atom stereocenters. The average Bonchev–Trinajstić information content (AvgIpc) is 2.52. The Bertz CT molecular complexity index is 461. The lowest BCUT2D eigenvalue weighted by atomic mass is 9.91. The van der Waals surface area contributed by atoms with Crippen LogP contribution >= 0.6 is 0 Å². The molecule has 0 bridgehead atoms. The Labute approximate surface area is 120 Å². The number of aliphatic hydroxyl groups excluding tert-OH is 1. The summed E-state index contributed by atoms with van der Waals surface area (Å²) in [7, 11) is 0. The Hall–Kier alpha value is -1.39. The number of carbonyl (C=O) groups is 1. The molecule has 1 aliphatic heterocycles. The molecule has 0 unspecified atom stereocenters. The Kier molecular flexibility index (Phi) is 4.78. The van der Waals surface area contributed by atoms with Gasteiger partial charge in [-0.05, 0) is 30.4 Å². The van der Waals surface area contributed by atoms with E-state index in [4.69, 9.17) is 0 Å². The molecule has 0 radical (unpaired) electrons. The highest BCUT2D eigenvalue weighted by molar-refractivity contribution is 5.83. The summed E-state index contributed by atoms with van der Waals surface area (Å²) in [5.41, 5.74) is 2.00. The third kappa shape index (κ3) is 3.02. The lowest BCUT2D eigenvalue weighted by Crippen LogP contribution is -2.57.